The normalized spacial score (nSPS) is 8.45. The van der Waals surface area contributed by atoms with Gasteiger partial charge in [0.2, 0.25) is 0 Å². The van der Waals surface area contributed by atoms with Crippen molar-refractivity contribution in [3.8, 4) is 0 Å². The van der Waals surface area contributed by atoms with Crippen molar-refractivity contribution in [2.24, 2.45) is 0 Å². The minimum absolute atomic E-state index is 0. The van der Waals surface area contributed by atoms with Gasteiger partial charge in [-0.2, -0.15) is 0 Å². The molecule has 1 nitrogen and oxygen atoms in total. The molecule has 0 heterocycles. The van der Waals surface area contributed by atoms with Gasteiger partial charge < -0.3 is 0 Å². The van der Waals surface area contributed by atoms with E-state index in [2.05, 4.69) is 24.6 Å². The van der Waals surface area contributed by atoms with Crippen molar-refractivity contribution in [3.05, 3.63) is 38.0 Å². The second-order valence-corrected chi connectivity index (χ2v) is 2.08. The third-order valence-electron chi connectivity index (χ3n) is 1.16. The molecule has 64 valence electrons. The molecule has 0 aliphatic rings. The summed E-state index contributed by atoms with van der Waals surface area (Å²) in [6, 6.07) is 0. The predicted molar refractivity (Wildman–Crippen MR) is 54.3 cm³/mol. The summed E-state index contributed by atoms with van der Waals surface area (Å²) in [7, 11) is 0. The van der Waals surface area contributed by atoms with Crippen molar-refractivity contribution in [3.63, 3.8) is 0 Å². The van der Waals surface area contributed by atoms with Crippen molar-refractivity contribution in [1.82, 2.24) is 4.90 Å². The van der Waals surface area contributed by atoms with Crippen molar-refractivity contribution >= 4 is 12.4 Å². The first kappa shape index (κ1) is 13.1. The molecule has 0 aromatic rings. The lowest BCUT2D eigenvalue weighted by Crippen LogP contribution is -2.23. The lowest BCUT2D eigenvalue weighted by Gasteiger charge is -2.15. The van der Waals surface area contributed by atoms with Crippen LogP contribution in [0.2, 0.25) is 0 Å². The Morgan fingerprint density at radius 1 is 0.818 bits per heavy atom. The van der Waals surface area contributed by atoms with E-state index in [1.54, 1.807) is 0 Å². The molecule has 0 N–H and O–H groups in total. The molecule has 2 heteroatoms. The largest absolute Gasteiger partial charge is 0.292 e. The Kier molecular flexibility index (Phi) is 11.3. The second-order valence-electron chi connectivity index (χ2n) is 2.08. The summed E-state index contributed by atoms with van der Waals surface area (Å²) in [6.07, 6.45) is 5.65. The summed E-state index contributed by atoms with van der Waals surface area (Å²) in [6.45, 7) is 13.7. The monoisotopic (exact) mass is 173 g/mol. The quantitative estimate of drug-likeness (QED) is 0.557. The highest BCUT2D eigenvalue weighted by molar-refractivity contribution is 5.85. The van der Waals surface area contributed by atoms with Gasteiger partial charge in [-0.3, -0.25) is 4.90 Å². The van der Waals surface area contributed by atoms with Crippen LogP contribution in [0.4, 0.5) is 0 Å². The molecule has 0 fully saturated rings. The first-order chi connectivity index (χ1) is 4.85. The highest BCUT2D eigenvalue weighted by atomic mass is 35.5. The zero-order valence-electron chi connectivity index (χ0n) is 6.83. The van der Waals surface area contributed by atoms with Gasteiger partial charge in [0.25, 0.3) is 0 Å². The SMILES string of the molecule is C=CCN(CC=C)CC=C.Cl. The summed E-state index contributed by atoms with van der Waals surface area (Å²) < 4.78 is 0. The predicted octanol–water partition coefficient (Wildman–Crippen LogP) is 2.27. The van der Waals surface area contributed by atoms with E-state index in [1.165, 1.54) is 0 Å². The highest BCUT2D eigenvalue weighted by Crippen LogP contribution is 1.88. The molecule has 0 aliphatic heterocycles. The van der Waals surface area contributed by atoms with E-state index in [1.807, 2.05) is 18.2 Å². The highest BCUT2D eigenvalue weighted by Gasteiger charge is 1.94. The minimum Gasteiger partial charge on any atom is -0.292 e. The Labute approximate surface area is 75.5 Å². The zero-order chi connectivity index (χ0) is 7.82. The van der Waals surface area contributed by atoms with E-state index in [9.17, 15) is 0 Å². The molecule has 11 heavy (non-hydrogen) atoms. The van der Waals surface area contributed by atoms with Gasteiger partial charge in [-0.1, -0.05) is 18.2 Å². The van der Waals surface area contributed by atoms with Crippen LogP contribution in [0.5, 0.6) is 0 Å². The van der Waals surface area contributed by atoms with E-state index in [-0.39, 0.29) is 12.4 Å². The number of hydrogen-bond acceptors (Lipinski definition) is 1. The molecule has 0 unspecified atom stereocenters. The molecule has 0 rings (SSSR count). The van der Waals surface area contributed by atoms with Crippen molar-refractivity contribution in [2.45, 2.75) is 0 Å². The molecular formula is C9H16ClN. The molecule has 0 aromatic carbocycles. The van der Waals surface area contributed by atoms with Crippen LogP contribution in [0, 0.1) is 0 Å². The van der Waals surface area contributed by atoms with Crippen LogP contribution in [-0.2, 0) is 0 Å². The number of hydrogen-bond donors (Lipinski definition) is 0. The first-order valence-electron chi connectivity index (χ1n) is 3.40. The van der Waals surface area contributed by atoms with E-state index < -0.39 is 0 Å². The van der Waals surface area contributed by atoms with Crippen molar-refractivity contribution in [2.75, 3.05) is 19.6 Å². The fourth-order valence-corrected chi connectivity index (χ4v) is 0.771. The van der Waals surface area contributed by atoms with Gasteiger partial charge in [0, 0.05) is 19.6 Å². The van der Waals surface area contributed by atoms with Crippen LogP contribution in [0.15, 0.2) is 38.0 Å². The molecule has 0 bridgehead atoms. The molecule has 0 saturated carbocycles. The Hall–Kier alpha value is -0.530. The van der Waals surface area contributed by atoms with Crippen LogP contribution in [0.25, 0.3) is 0 Å². The van der Waals surface area contributed by atoms with E-state index in [4.69, 9.17) is 0 Å². The molecule has 0 amide bonds. The van der Waals surface area contributed by atoms with Crippen LogP contribution in [0.3, 0.4) is 0 Å². The molecular weight excluding hydrogens is 158 g/mol. The Morgan fingerprint density at radius 2 is 1.09 bits per heavy atom. The Balaban J connectivity index is 0. The third kappa shape index (κ3) is 7.37. The van der Waals surface area contributed by atoms with Gasteiger partial charge in [-0.05, 0) is 0 Å². The Morgan fingerprint density at radius 3 is 1.27 bits per heavy atom. The summed E-state index contributed by atoms with van der Waals surface area (Å²) >= 11 is 0. The number of rotatable bonds is 6. The van der Waals surface area contributed by atoms with Gasteiger partial charge in [0.15, 0.2) is 0 Å². The topological polar surface area (TPSA) is 3.24 Å². The van der Waals surface area contributed by atoms with Gasteiger partial charge in [0.05, 0.1) is 0 Å². The fraction of sp³-hybridized carbons (Fsp3) is 0.333. The molecule has 0 aliphatic carbocycles. The van der Waals surface area contributed by atoms with Crippen LogP contribution < -0.4 is 0 Å². The second kappa shape index (κ2) is 9.47. The number of halogens is 1. The Bertz CT molecular complexity index is 97.0. The lowest BCUT2D eigenvalue weighted by molar-refractivity contribution is 0.373. The van der Waals surface area contributed by atoms with E-state index >= 15 is 0 Å². The summed E-state index contributed by atoms with van der Waals surface area (Å²) in [4.78, 5) is 2.19. The minimum atomic E-state index is 0. The number of nitrogens with zero attached hydrogens (tertiary/aromatic N) is 1. The maximum atomic E-state index is 3.65. The van der Waals surface area contributed by atoms with Gasteiger partial charge >= 0.3 is 0 Å². The lowest BCUT2D eigenvalue weighted by atomic mass is 10.4. The van der Waals surface area contributed by atoms with Crippen LogP contribution in [-0.4, -0.2) is 24.5 Å². The van der Waals surface area contributed by atoms with Crippen LogP contribution in [0.1, 0.15) is 0 Å². The maximum Gasteiger partial charge on any atom is 0.0167 e. The average Bonchev–Trinajstić information content (AvgIpc) is 1.90. The molecule has 0 radical (unpaired) electrons. The summed E-state index contributed by atoms with van der Waals surface area (Å²) in [5, 5.41) is 0. The summed E-state index contributed by atoms with van der Waals surface area (Å²) in [5.41, 5.74) is 0. The van der Waals surface area contributed by atoms with Crippen molar-refractivity contribution < 1.29 is 0 Å². The van der Waals surface area contributed by atoms with Crippen LogP contribution >= 0.6 is 12.4 Å². The first-order valence-corrected chi connectivity index (χ1v) is 3.40. The summed E-state index contributed by atoms with van der Waals surface area (Å²) in [5.74, 6) is 0. The van der Waals surface area contributed by atoms with Gasteiger partial charge in [-0.15, -0.1) is 32.1 Å². The van der Waals surface area contributed by atoms with Crippen molar-refractivity contribution in [1.29, 1.82) is 0 Å². The smallest absolute Gasteiger partial charge is 0.0167 e. The maximum absolute atomic E-state index is 3.65. The standard InChI is InChI=1S/C9H15N.ClH/c1-4-7-10(8-5-2)9-6-3;/h4-6H,1-3,7-9H2;1H. The molecule has 0 spiro atoms. The van der Waals surface area contributed by atoms with E-state index in [0.717, 1.165) is 19.6 Å². The zero-order valence-corrected chi connectivity index (χ0v) is 7.65. The molecule has 0 aromatic heterocycles. The molecule has 0 saturated heterocycles. The third-order valence-corrected chi connectivity index (χ3v) is 1.16. The van der Waals surface area contributed by atoms with E-state index in [0.29, 0.717) is 0 Å². The average molecular weight is 174 g/mol. The molecule has 0 atom stereocenters. The van der Waals surface area contributed by atoms with Gasteiger partial charge in [-0.25, -0.2) is 0 Å². The van der Waals surface area contributed by atoms with Gasteiger partial charge in [0.1, 0.15) is 0 Å². The fourth-order valence-electron chi connectivity index (χ4n) is 0.771.